The molecule has 0 aliphatic carbocycles. The second-order valence-electron chi connectivity index (χ2n) is 6.60. The number of nitrogens with one attached hydrogen (secondary N) is 3. The molecule has 11 N–H and O–H groups in total. The van der Waals surface area contributed by atoms with Crippen molar-refractivity contribution in [3.63, 3.8) is 0 Å². The lowest BCUT2D eigenvalue weighted by Gasteiger charge is -2.19. The molecular weight excluding hydrogens is 380 g/mol. The Morgan fingerprint density at radius 1 is 0.931 bits per heavy atom. The van der Waals surface area contributed by atoms with E-state index in [-0.39, 0.29) is 24.8 Å². The normalized spacial score (nSPS) is 12.4. The molecule has 2 atom stereocenters. The van der Waals surface area contributed by atoms with Gasteiger partial charge in [0.1, 0.15) is 11.8 Å². The number of nitrogens with zero attached hydrogens (tertiary/aromatic N) is 1. The van der Waals surface area contributed by atoms with Crippen LogP contribution in [0, 0.1) is 0 Å². The van der Waals surface area contributed by atoms with E-state index in [1.54, 1.807) is 0 Å². The maximum Gasteiger partial charge on any atom is 0.242 e. The summed E-state index contributed by atoms with van der Waals surface area (Å²) < 4.78 is 0. The highest BCUT2D eigenvalue weighted by Gasteiger charge is 2.21. The van der Waals surface area contributed by atoms with Crippen molar-refractivity contribution < 1.29 is 19.2 Å². The van der Waals surface area contributed by atoms with E-state index in [1.807, 2.05) is 0 Å². The van der Waals surface area contributed by atoms with Gasteiger partial charge in [0.2, 0.25) is 17.7 Å². The number of rotatable bonds is 15. The molecule has 0 saturated carbocycles. The maximum absolute atomic E-state index is 12.2. The zero-order chi connectivity index (χ0) is 22.2. The van der Waals surface area contributed by atoms with Crippen LogP contribution in [-0.2, 0) is 19.2 Å². The van der Waals surface area contributed by atoms with Crippen LogP contribution in [0.3, 0.4) is 0 Å². The first-order chi connectivity index (χ1) is 13.7. The number of guanidine groups is 1. The Morgan fingerprint density at radius 3 is 2.17 bits per heavy atom. The summed E-state index contributed by atoms with van der Waals surface area (Å²) in [5.74, 6) is -1.74. The lowest BCUT2D eigenvalue weighted by molar-refractivity contribution is -0.130. The van der Waals surface area contributed by atoms with Crippen LogP contribution < -0.4 is 38.9 Å². The van der Waals surface area contributed by atoms with Crippen molar-refractivity contribution in [1.82, 2.24) is 16.0 Å². The SMILES string of the molecule is CC(=O)CNC(=O)C(CCCCN)NC(=O)CNC(=O)C(N)CCCN=C(N)N. The molecule has 0 heterocycles. The minimum Gasteiger partial charge on any atom is -0.370 e. The van der Waals surface area contributed by atoms with Crippen LogP contribution in [0.2, 0.25) is 0 Å². The third-order valence-corrected chi connectivity index (χ3v) is 3.84. The molecule has 166 valence electrons. The molecule has 3 amide bonds. The van der Waals surface area contributed by atoms with Gasteiger partial charge in [-0.25, -0.2) is 0 Å². The van der Waals surface area contributed by atoms with Crippen LogP contribution in [0.15, 0.2) is 4.99 Å². The molecular formula is C17H34N8O4. The lowest BCUT2D eigenvalue weighted by atomic mass is 10.1. The molecule has 0 spiro atoms. The number of hydrogen-bond acceptors (Lipinski definition) is 7. The van der Waals surface area contributed by atoms with E-state index in [1.165, 1.54) is 6.92 Å². The molecule has 29 heavy (non-hydrogen) atoms. The van der Waals surface area contributed by atoms with Crippen molar-refractivity contribution in [3.8, 4) is 0 Å². The predicted molar refractivity (Wildman–Crippen MR) is 109 cm³/mol. The standard InChI is InChI=1S/C17H34N8O4/c1-11(26)9-23-16(29)13(6-2-3-7-18)25-14(27)10-24-15(28)12(19)5-4-8-22-17(20)21/h12-13H,2-10,18-19H2,1H3,(H,23,29)(H,24,28)(H,25,27)(H4,20,21,22). The van der Waals surface area contributed by atoms with Crippen molar-refractivity contribution in [2.45, 2.75) is 51.1 Å². The van der Waals surface area contributed by atoms with Crippen molar-refractivity contribution in [2.75, 3.05) is 26.2 Å². The summed E-state index contributed by atoms with van der Waals surface area (Å²) in [5, 5.41) is 7.44. The molecule has 0 rings (SSSR count). The van der Waals surface area contributed by atoms with Crippen LogP contribution >= 0.6 is 0 Å². The maximum atomic E-state index is 12.2. The highest BCUT2D eigenvalue weighted by Crippen LogP contribution is 2.01. The molecule has 0 aromatic heterocycles. The fourth-order valence-corrected chi connectivity index (χ4v) is 2.29. The summed E-state index contributed by atoms with van der Waals surface area (Å²) in [7, 11) is 0. The van der Waals surface area contributed by atoms with Crippen LogP contribution in [0.1, 0.15) is 39.0 Å². The zero-order valence-electron chi connectivity index (χ0n) is 16.9. The smallest absolute Gasteiger partial charge is 0.242 e. The summed E-state index contributed by atoms with van der Waals surface area (Å²) in [4.78, 5) is 51.0. The number of ketones is 1. The number of aliphatic imine (C=N–C) groups is 1. The molecule has 12 heteroatoms. The van der Waals surface area contributed by atoms with Gasteiger partial charge in [-0.1, -0.05) is 0 Å². The van der Waals surface area contributed by atoms with E-state index < -0.39 is 29.8 Å². The van der Waals surface area contributed by atoms with Gasteiger partial charge < -0.3 is 38.9 Å². The Hall–Kier alpha value is -2.73. The molecule has 0 fully saturated rings. The van der Waals surface area contributed by atoms with E-state index >= 15 is 0 Å². The lowest BCUT2D eigenvalue weighted by Crippen LogP contribution is -2.51. The van der Waals surface area contributed by atoms with E-state index in [4.69, 9.17) is 22.9 Å². The summed E-state index contributed by atoms with van der Waals surface area (Å²) >= 11 is 0. The third-order valence-electron chi connectivity index (χ3n) is 3.84. The molecule has 0 saturated heterocycles. The van der Waals surface area contributed by atoms with Gasteiger partial charge in [0.05, 0.1) is 19.1 Å². The van der Waals surface area contributed by atoms with E-state index in [0.29, 0.717) is 45.2 Å². The predicted octanol–water partition coefficient (Wildman–Crippen LogP) is -3.20. The van der Waals surface area contributed by atoms with Gasteiger partial charge in [-0.05, 0) is 45.6 Å². The van der Waals surface area contributed by atoms with E-state index in [2.05, 4.69) is 20.9 Å². The van der Waals surface area contributed by atoms with Gasteiger partial charge in [-0.3, -0.25) is 24.2 Å². The summed E-state index contributed by atoms with van der Waals surface area (Å²) in [6, 6.07) is -1.63. The molecule has 0 aromatic rings. The Bertz CT molecular complexity index is 578. The number of carbonyl (C=O) groups is 4. The molecule has 2 unspecified atom stereocenters. The second-order valence-corrected chi connectivity index (χ2v) is 6.60. The molecule has 12 nitrogen and oxygen atoms in total. The largest absolute Gasteiger partial charge is 0.370 e. The highest BCUT2D eigenvalue weighted by molar-refractivity contribution is 5.92. The number of Topliss-reactive ketones (excluding diaryl/α,β-unsaturated/α-hetero) is 1. The Labute approximate surface area is 170 Å². The number of hydrogen-bond donors (Lipinski definition) is 7. The first-order valence-corrected chi connectivity index (χ1v) is 9.52. The van der Waals surface area contributed by atoms with Gasteiger partial charge in [0.25, 0.3) is 0 Å². The Balaban J connectivity index is 4.45. The number of amides is 3. The summed E-state index contributed by atoms with van der Waals surface area (Å²) in [6.07, 6.45) is 2.54. The van der Waals surface area contributed by atoms with Gasteiger partial charge in [-0.2, -0.15) is 0 Å². The minimum atomic E-state index is -0.821. The fourth-order valence-electron chi connectivity index (χ4n) is 2.29. The van der Waals surface area contributed by atoms with Crippen LogP contribution in [0.25, 0.3) is 0 Å². The molecule has 0 aromatic carbocycles. The fraction of sp³-hybridized carbons (Fsp3) is 0.706. The number of carbonyl (C=O) groups excluding carboxylic acids is 4. The van der Waals surface area contributed by atoms with Gasteiger partial charge >= 0.3 is 0 Å². The van der Waals surface area contributed by atoms with E-state index in [9.17, 15) is 19.2 Å². The van der Waals surface area contributed by atoms with Crippen molar-refractivity contribution in [3.05, 3.63) is 0 Å². The van der Waals surface area contributed by atoms with Gasteiger partial charge in [0.15, 0.2) is 5.96 Å². The quantitative estimate of drug-likeness (QED) is 0.0819. The summed E-state index contributed by atoms with van der Waals surface area (Å²) in [5.41, 5.74) is 21.6. The Kier molecular flexibility index (Phi) is 13.8. The number of nitrogens with two attached hydrogens (primary N) is 4. The molecule has 0 bridgehead atoms. The summed E-state index contributed by atoms with van der Waals surface area (Å²) in [6.45, 7) is 1.72. The van der Waals surface area contributed by atoms with Crippen LogP contribution in [0.5, 0.6) is 0 Å². The minimum absolute atomic E-state index is 0.0342. The van der Waals surface area contributed by atoms with Gasteiger partial charge in [0, 0.05) is 6.54 Å². The molecule has 0 aliphatic heterocycles. The number of unbranched alkanes of at least 4 members (excludes halogenated alkanes) is 1. The van der Waals surface area contributed by atoms with E-state index in [0.717, 1.165) is 0 Å². The average Bonchev–Trinajstić information content (AvgIpc) is 2.66. The van der Waals surface area contributed by atoms with Crippen molar-refractivity contribution in [1.29, 1.82) is 0 Å². The second kappa shape index (κ2) is 15.2. The average molecular weight is 415 g/mol. The zero-order valence-corrected chi connectivity index (χ0v) is 16.9. The Morgan fingerprint density at radius 2 is 1.59 bits per heavy atom. The molecule has 0 aliphatic rings. The van der Waals surface area contributed by atoms with Crippen molar-refractivity contribution >= 4 is 29.5 Å². The van der Waals surface area contributed by atoms with Crippen LogP contribution in [-0.4, -0.2) is 67.7 Å². The van der Waals surface area contributed by atoms with Gasteiger partial charge in [-0.15, -0.1) is 0 Å². The molecule has 0 radical (unpaired) electrons. The topological polar surface area (TPSA) is 221 Å². The first-order valence-electron chi connectivity index (χ1n) is 9.52. The third kappa shape index (κ3) is 14.0. The monoisotopic (exact) mass is 414 g/mol. The first kappa shape index (κ1) is 26.3. The highest BCUT2D eigenvalue weighted by atomic mass is 16.2. The van der Waals surface area contributed by atoms with Crippen molar-refractivity contribution in [2.24, 2.45) is 27.9 Å². The van der Waals surface area contributed by atoms with Crippen LogP contribution in [0.4, 0.5) is 0 Å².